The van der Waals surface area contributed by atoms with Crippen molar-refractivity contribution in [2.45, 2.75) is 39.5 Å². The molecule has 4 nitrogen and oxygen atoms in total. The molecule has 4 heteroatoms. The van der Waals surface area contributed by atoms with Crippen LogP contribution in [0.15, 0.2) is 46.9 Å². The fourth-order valence-electron chi connectivity index (χ4n) is 3.11. The lowest BCUT2D eigenvalue weighted by atomic mass is 9.92. The third-order valence-electron chi connectivity index (χ3n) is 4.26. The van der Waals surface area contributed by atoms with E-state index in [1.165, 1.54) is 0 Å². The molecule has 0 unspecified atom stereocenters. The molecule has 0 spiro atoms. The van der Waals surface area contributed by atoms with Gasteiger partial charge >= 0.3 is 5.89 Å². The number of carbonyl (C=O) groups is 1. The number of hydrogen-bond donors (Lipinski definition) is 0. The lowest BCUT2D eigenvalue weighted by molar-refractivity contribution is -0.581. The van der Waals surface area contributed by atoms with Crippen molar-refractivity contribution in [3.8, 4) is 5.69 Å². The first kappa shape index (κ1) is 16.2. The number of aromatic nitrogens is 1. The van der Waals surface area contributed by atoms with Gasteiger partial charge in [0.25, 0.3) is 5.52 Å². The Kier molecular flexibility index (Phi) is 4.14. The van der Waals surface area contributed by atoms with Gasteiger partial charge in [-0.3, -0.25) is 0 Å². The number of rotatable bonds is 4. The number of fused-ring (bicyclic) bond motifs is 1. The molecule has 0 saturated carbocycles. The molecule has 0 aliphatic rings. The average molecular weight is 323 g/mol. The minimum Gasteiger partial charge on any atom is -0.537 e. The Morgan fingerprint density at radius 1 is 0.958 bits per heavy atom. The normalized spacial score (nSPS) is 11.6. The summed E-state index contributed by atoms with van der Waals surface area (Å²) in [6.07, 6.45) is 0. The van der Waals surface area contributed by atoms with Gasteiger partial charge in [-0.25, -0.2) is 0 Å². The standard InChI is InChI=1S/C20H21NO3/c1-12(2)14-8-7-9-15(13(3)4)18(14)21-16-10-5-6-11-17(16)24-19(21)20(22)23/h5-13H,1-4H3. The highest BCUT2D eigenvalue weighted by Gasteiger charge is 2.31. The molecule has 3 rings (SSSR count). The molecule has 2 aromatic carbocycles. The Morgan fingerprint density at radius 3 is 2.08 bits per heavy atom. The van der Waals surface area contributed by atoms with Crippen LogP contribution in [0.4, 0.5) is 0 Å². The SMILES string of the molecule is CC(C)c1cccc(C(C)C)c1-[n+]1c(C(=O)[O-])oc2ccccc21. The van der Waals surface area contributed by atoms with Crippen LogP contribution in [-0.4, -0.2) is 5.97 Å². The summed E-state index contributed by atoms with van der Waals surface area (Å²) in [5, 5.41) is 11.7. The zero-order valence-electron chi connectivity index (χ0n) is 14.4. The van der Waals surface area contributed by atoms with E-state index in [1.807, 2.05) is 36.4 Å². The van der Waals surface area contributed by atoms with Gasteiger partial charge in [0.05, 0.1) is 0 Å². The second kappa shape index (κ2) is 6.11. The molecule has 1 aromatic heterocycles. The average Bonchev–Trinajstić information content (AvgIpc) is 2.93. The quantitative estimate of drug-likeness (QED) is 0.692. The van der Waals surface area contributed by atoms with Crippen LogP contribution < -0.4 is 9.67 Å². The van der Waals surface area contributed by atoms with Crippen LogP contribution in [0.5, 0.6) is 0 Å². The highest BCUT2D eigenvalue weighted by Crippen LogP contribution is 2.30. The Bertz CT molecular complexity index is 880. The first-order valence-corrected chi connectivity index (χ1v) is 8.20. The second-order valence-electron chi connectivity index (χ2n) is 6.59. The van der Waals surface area contributed by atoms with E-state index in [9.17, 15) is 9.90 Å². The Morgan fingerprint density at radius 2 is 1.54 bits per heavy atom. The van der Waals surface area contributed by atoms with Crippen molar-refractivity contribution in [2.24, 2.45) is 0 Å². The van der Waals surface area contributed by atoms with Crippen LogP contribution >= 0.6 is 0 Å². The largest absolute Gasteiger partial charge is 0.537 e. The highest BCUT2D eigenvalue weighted by atomic mass is 16.4. The molecule has 0 bridgehead atoms. The molecule has 1 heterocycles. The van der Waals surface area contributed by atoms with Crippen LogP contribution in [0.3, 0.4) is 0 Å². The molecule has 0 aliphatic heterocycles. The van der Waals surface area contributed by atoms with Gasteiger partial charge in [-0.1, -0.05) is 58.0 Å². The number of carboxylic acid groups (broad SMARTS) is 1. The summed E-state index contributed by atoms with van der Waals surface area (Å²) in [6.45, 7) is 8.41. The predicted molar refractivity (Wildman–Crippen MR) is 90.3 cm³/mol. The molecular weight excluding hydrogens is 302 g/mol. The molecule has 0 N–H and O–H groups in total. The van der Waals surface area contributed by atoms with Gasteiger partial charge in [0.1, 0.15) is 0 Å². The fraction of sp³-hybridized carbons (Fsp3) is 0.300. The molecule has 0 aliphatic carbocycles. The van der Waals surface area contributed by atoms with E-state index in [4.69, 9.17) is 4.42 Å². The van der Waals surface area contributed by atoms with E-state index in [-0.39, 0.29) is 17.7 Å². The minimum absolute atomic E-state index is 0.175. The summed E-state index contributed by atoms with van der Waals surface area (Å²) in [7, 11) is 0. The number of hydrogen-bond acceptors (Lipinski definition) is 3. The Balaban J connectivity index is 2.47. The van der Waals surface area contributed by atoms with Crippen molar-refractivity contribution >= 4 is 17.1 Å². The molecule has 24 heavy (non-hydrogen) atoms. The van der Waals surface area contributed by atoms with E-state index in [2.05, 4.69) is 27.7 Å². The zero-order chi connectivity index (χ0) is 17.4. The molecule has 3 aromatic rings. The van der Waals surface area contributed by atoms with Crippen LogP contribution in [0.1, 0.15) is 61.3 Å². The maximum atomic E-state index is 11.7. The molecule has 124 valence electrons. The van der Waals surface area contributed by atoms with E-state index >= 15 is 0 Å². The van der Waals surface area contributed by atoms with Gasteiger partial charge in [-0.15, -0.1) is 4.57 Å². The van der Waals surface area contributed by atoms with E-state index < -0.39 is 5.97 Å². The lowest BCUT2D eigenvalue weighted by Crippen LogP contribution is -2.42. The summed E-state index contributed by atoms with van der Waals surface area (Å²) >= 11 is 0. The van der Waals surface area contributed by atoms with Gasteiger partial charge in [0.2, 0.25) is 11.3 Å². The number of carboxylic acids is 1. The van der Waals surface area contributed by atoms with Crippen LogP contribution in [-0.2, 0) is 0 Å². The topological polar surface area (TPSA) is 57.1 Å². The first-order chi connectivity index (χ1) is 11.4. The molecule has 0 saturated heterocycles. The zero-order valence-corrected chi connectivity index (χ0v) is 14.4. The van der Waals surface area contributed by atoms with Crippen molar-refractivity contribution in [1.29, 1.82) is 0 Å². The van der Waals surface area contributed by atoms with Crippen molar-refractivity contribution < 1.29 is 18.9 Å². The summed E-state index contributed by atoms with van der Waals surface area (Å²) in [5.41, 5.74) is 4.31. The van der Waals surface area contributed by atoms with E-state index in [0.29, 0.717) is 5.58 Å². The molecular formula is C20H21NO3. The number of nitrogens with zero attached hydrogens (tertiary/aromatic N) is 1. The second-order valence-corrected chi connectivity index (χ2v) is 6.59. The van der Waals surface area contributed by atoms with Crippen molar-refractivity contribution in [3.05, 3.63) is 59.5 Å². The molecule has 0 atom stereocenters. The highest BCUT2D eigenvalue weighted by molar-refractivity contribution is 5.82. The summed E-state index contributed by atoms with van der Waals surface area (Å²) in [4.78, 5) is 11.7. The molecule has 0 radical (unpaired) electrons. The molecule has 0 fully saturated rings. The number of para-hydroxylation sites is 3. The van der Waals surface area contributed by atoms with Crippen LogP contribution in [0.2, 0.25) is 0 Å². The van der Waals surface area contributed by atoms with Gasteiger partial charge in [0, 0.05) is 17.2 Å². The monoisotopic (exact) mass is 323 g/mol. The van der Waals surface area contributed by atoms with E-state index in [0.717, 1.165) is 22.3 Å². The fourth-order valence-corrected chi connectivity index (χ4v) is 3.11. The Hall–Kier alpha value is -2.62. The van der Waals surface area contributed by atoms with Gasteiger partial charge in [-0.05, 0) is 17.9 Å². The lowest BCUT2D eigenvalue weighted by Gasteiger charge is -2.14. The summed E-state index contributed by atoms with van der Waals surface area (Å²) in [6, 6.07) is 13.4. The van der Waals surface area contributed by atoms with Crippen molar-refractivity contribution in [1.82, 2.24) is 0 Å². The predicted octanol–water partition coefficient (Wildman–Crippen LogP) is 3.32. The summed E-state index contributed by atoms with van der Waals surface area (Å²) in [5.74, 6) is -1.01. The maximum absolute atomic E-state index is 11.7. The van der Waals surface area contributed by atoms with Crippen LogP contribution in [0, 0.1) is 0 Å². The Labute approximate surface area is 141 Å². The van der Waals surface area contributed by atoms with Crippen LogP contribution in [0.25, 0.3) is 16.8 Å². The third kappa shape index (κ3) is 2.58. The molecule has 0 amide bonds. The smallest absolute Gasteiger partial charge is 0.403 e. The third-order valence-corrected chi connectivity index (χ3v) is 4.26. The minimum atomic E-state index is -1.32. The van der Waals surface area contributed by atoms with E-state index in [1.54, 1.807) is 10.6 Å². The number of oxazole rings is 1. The van der Waals surface area contributed by atoms with Gasteiger partial charge in [-0.2, -0.15) is 0 Å². The number of aromatic carboxylic acids is 1. The van der Waals surface area contributed by atoms with Gasteiger partial charge < -0.3 is 14.3 Å². The number of benzene rings is 2. The van der Waals surface area contributed by atoms with Crippen molar-refractivity contribution in [3.63, 3.8) is 0 Å². The van der Waals surface area contributed by atoms with Gasteiger partial charge in [0.15, 0.2) is 5.97 Å². The first-order valence-electron chi connectivity index (χ1n) is 8.20. The summed E-state index contributed by atoms with van der Waals surface area (Å²) < 4.78 is 7.28. The number of carbonyl (C=O) groups excluding carboxylic acids is 1. The maximum Gasteiger partial charge on any atom is 0.403 e. The van der Waals surface area contributed by atoms with Crippen molar-refractivity contribution in [2.75, 3.05) is 0 Å².